The van der Waals surface area contributed by atoms with Crippen LogP contribution in [0.3, 0.4) is 0 Å². The van der Waals surface area contributed by atoms with Crippen LogP contribution >= 0.6 is 0 Å². The molecule has 1 aromatic carbocycles. The zero-order chi connectivity index (χ0) is 19.3. The van der Waals surface area contributed by atoms with Crippen LogP contribution < -0.4 is 10.2 Å². The second-order valence-electron chi connectivity index (χ2n) is 7.53. The number of piperazine rings is 1. The normalized spacial score (nSPS) is 16.8. The molecule has 1 aromatic rings. The van der Waals surface area contributed by atoms with Crippen LogP contribution in [-0.4, -0.2) is 60.3 Å². The fourth-order valence-electron chi connectivity index (χ4n) is 2.88. The van der Waals surface area contributed by atoms with Gasteiger partial charge in [0, 0.05) is 56.6 Å². The third-order valence-corrected chi connectivity index (χ3v) is 4.30. The second-order valence-corrected chi connectivity index (χ2v) is 7.53. The highest BCUT2D eigenvalue weighted by Gasteiger charge is 2.23. The van der Waals surface area contributed by atoms with Crippen LogP contribution in [0.5, 0.6) is 0 Å². The van der Waals surface area contributed by atoms with Gasteiger partial charge >= 0.3 is 6.09 Å². The molecular formula is C18H28N4O4. The molecule has 0 bridgehead atoms. The second kappa shape index (κ2) is 8.35. The Labute approximate surface area is 154 Å². The van der Waals surface area contributed by atoms with Gasteiger partial charge in [-0.25, -0.2) is 4.79 Å². The number of ether oxygens (including phenoxy) is 1. The van der Waals surface area contributed by atoms with Crippen molar-refractivity contribution in [1.82, 2.24) is 10.2 Å². The Balaban J connectivity index is 1.78. The summed E-state index contributed by atoms with van der Waals surface area (Å²) in [4.78, 5) is 26.6. The van der Waals surface area contributed by atoms with E-state index in [-0.39, 0.29) is 16.7 Å². The molecule has 1 heterocycles. The lowest BCUT2D eigenvalue weighted by Gasteiger charge is -2.39. The van der Waals surface area contributed by atoms with Crippen LogP contribution in [0.1, 0.15) is 27.7 Å². The van der Waals surface area contributed by atoms with Gasteiger partial charge in [-0.05, 0) is 39.8 Å². The van der Waals surface area contributed by atoms with Gasteiger partial charge in [-0.15, -0.1) is 0 Å². The maximum Gasteiger partial charge on any atom is 0.407 e. The summed E-state index contributed by atoms with van der Waals surface area (Å²) in [6.45, 7) is 11.6. The SMILES string of the molecule is C[C@@H](CNC(=O)OC(C)(C)C)N1CCN(c2ccc([N+](=O)[O-])cc2)CC1. The van der Waals surface area contributed by atoms with Crippen molar-refractivity contribution in [3.8, 4) is 0 Å². The predicted octanol–water partition coefficient (Wildman–Crippen LogP) is 2.63. The van der Waals surface area contributed by atoms with Gasteiger partial charge < -0.3 is 15.0 Å². The van der Waals surface area contributed by atoms with Crippen molar-refractivity contribution in [3.05, 3.63) is 34.4 Å². The minimum absolute atomic E-state index is 0.106. The van der Waals surface area contributed by atoms with Gasteiger partial charge in [0.1, 0.15) is 5.60 Å². The van der Waals surface area contributed by atoms with Crippen molar-refractivity contribution in [1.29, 1.82) is 0 Å². The number of non-ortho nitro benzene ring substituents is 1. The molecule has 0 aromatic heterocycles. The van der Waals surface area contributed by atoms with Crippen molar-refractivity contribution in [2.45, 2.75) is 39.3 Å². The van der Waals surface area contributed by atoms with Crippen molar-refractivity contribution in [3.63, 3.8) is 0 Å². The average molecular weight is 364 g/mol. The Bertz CT molecular complexity index is 619. The van der Waals surface area contributed by atoms with E-state index < -0.39 is 11.7 Å². The van der Waals surface area contributed by atoms with Crippen molar-refractivity contribution >= 4 is 17.5 Å². The van der Waals surface area contributed by atoms with Gasteiger partial charge in [0.15, 0.2) is 0 Å². The molecule has 8 heteroatoms. The zero-order valence-corrected chi connectivity index (χ0v) is 15.9. The molecule has 2 rings (SSSR count). The van der Waals surface area contributed by atoms with E-state index in [9.17, 15) is 14.9 Å². The van der Waals surface area contributed by atoms with E-state index in [1.54, 1.807) is 12.1 Å². The minimum atomic E-state index is -0.496. The molecule has 1 saturated heterocycles. The van der Waals surface area contributed by atoms with Crippen LogP contribution in [0.25, 0.3) is 0 Å². The summed E-state index contributed by atoms with van der Waals surface area (Å²) in [5.74, 6) is 0. The first-order chi connectivity index (χ1) is 12.2. The Kier molecular flexibility index (Phi) is 6.42. The Morgan fingerprint density at radius 3 is 2.31 bits per heavy atom. The number of alkyl carbamates (subject to hydrolysis) is 1. The summed E-state index contributed by atoms with van der Waals surface area (Å²) in [6, 6.07) is 6.87. The summed E-state index contributed by atoms with van der Waals surface area (Å²) < 4.78 is 5.25. The van der Waals surface area contributed by atoms with E-state index in [0.29, 0.717) is 6.54 Å². The smallest absolute Gasteiger partial charge is 0.407 e. The molecule has 1 fully saturated rings. The number of nitrogens with zero attached hydrogens (tertiary/aromatic N) is 3. The molecule has 1 aliphatic heterocycles. The van der Waals surface area contributed by atoms with Gasteiger partial charge in [0.05, 0.1) is 4.92 Å². The van der Waals surface area contributed by atoms with E-state index in [2.05, 4.69) is 22.0 Å². The number of nitro benzene ring substituents is 1. The largest absolute Gasteiger partial charge is 0.444 e. The standard InChI is InChI=1S/C18H28N4O4/c1-14(13-19-17(23)26-18(2,3)4)20-9-11-21(12-10-20)15-5-7-16(8-6-15)22(24)25/h5-8,14H,9-13H2,1-4H3,(H,19,23)/t14-/m0/s1. The highest BCUT2D eigenvalue weighted by molar-refractivity contribution is 5.67. The lowest BCUT2D eigenvalue weighted by Crippen LogP contribution is -2.52. The molecule has 26 heavy (non-hydrogen) atoms. The molecule has 0 radical (unpaired) electrons. The number of carbonyl (C=O) groups is 1. The number of hydrogen-bond donors (Lipinski definition) is 1. The predicted molar refractivity (Wildman–Crippen MR) is 101 cm³/mol. The summed E-state index contributed by atoms with van der Waals surface area (Å²) >= 11 is 0. The van der Waals surface area contributed by atoms with Gasteiger partial charge in [-0.3, -0.25) is 15.0 Å². The lowest BCUT2D eigenvalue weighted by molar-refractivity contribution is -0.384. The Morgan fingerprint density at radius 1 is 1.23 bits per heavy atom. The summed E-state index contributed by atoms with van der Waals surface area (Å²) in [6.07, 6.45) is -0.395. The molecule has 1 atom stereocenters. The van der Waals surface area contributed by atoms with Crippen LogP contribution in [0, 0.1) is 10.1 Å². The number of rotatable bonds is 5. The molecule has 144 valence electrons. The van der Waals surface area contributed by atoms with Crippen LogP contribution in [-0.2, 0) is 4.74 Å². The minimum Gasteiger partial charge on any atom is -0.444 e. The molecular weight excluding hydrogens is 336 g/mol. The summed E-state index contributed by atoms with van der Waals surface area (Å²) in [5, 5.41) is 13.6. The number of amides is 1. The first-order valence-electron chi connectivity index (χ1n) is 8.86. The van der Waals surface area contributed by atoms with Crippen LogP contribution in [0.15, 0.2) is 24.3 Å². The number of nitrogens with one attached hydrogen (secondary N) is 1. The van der Waals surface area contributed by atoms with E-state index in [0.717, 1.165) is 31.9 Å². The highest BCUT2D eigenvalue weighted by atomic mass is 16.6. The zero-order valence-electron chi connectivity index (χ0n) is 15.9. The molecule has 8 nitrogen and oxygen atoms in total. The summed E-state index contributed by atoms with van der Waals surface area (Å²) in [7, 11) is 0. The number of anilines is 1. The molecule has 1 aliphatic rings. The maximum absolute atomic E-state index is 11.8. The lowest BCUT2D eigenvalue weighted by atomic mass is 10.2. The molecule has 1 amide bonds. The quantitative estimate of drug-likeness (QED) is 0.638. The number of carbonyl (C=O) groups excluding carboxylic acids is 1. The number of hydrogen-bond acceptors (Lipinski definition) is 6. The topological polar surface area (TPSA) is 88.0 Å². The molecule has 0 aliphatic carbocycles. The Hall–Kier alpha value is -2.35. The fraction of sp³-hybridized carbons (Fsp3) is 0.611. The molecule has 0 spiro atoms. The monoisotopic (exact) mass is 364 g/mol. The highest BCUT2D eigenvalue weighted by Crippen LogP contribution is 2.21. The van der Waals surface area contributed by atoms with Gasteiger partial charge in [-0.2, -0.15) is 0 Å². The molecule has 1 N–H and O–H groups in total. The van der Waals surface area contributed by atoms with E-state index in [1.165, 1.54) is 12.1 Å². The molecule has 0 unspecified atom stereocenters. The van der Waals surface area contributed by atoms with Gasteiger partial charge in [0.2, 0.25) is 0 Å². The third-order valence-electron chi connectivity index (χ3n) is 4.30. The average Bonchev–Trinajstić information content (AvgIpc) is 2.58. The summed E-state index contributed by atoms with van der Waals surface area (Å²) in [5.41, 5.74) is 0.605. The van der Waals surface area contributed by atoms with Crippen LogP contribution in [0.4, 0.5) is 16.2 Å². The third kappa shape index (κ3) is 5.87. The first-order valence-corrected chi connectivity index (χ1v) is 8.86. The van der Waals surface area contributed by atoms with Crippen LogP contribution in [0.2, 0.25) is 0 Å². The number of benzene rings is 1. The van der Waals surface area contributed by atoms with Crippen molar-refractivity contribution in [2.75, 3.05) is 37.6 Å². The Morgan fingerprint density at radius 2 is 1.81 bits per heavy atom. The number of nitro groups is 1. The van der Waals surface area contributed by atoms with Crippen molar-refractivity contribution in [2.24, 2.45) is 0 Å². The molecule has 0 saturated carbocycles. The fourth-order valence-corrected chi connectivity index (χ4v) is 2.88. The van der Waals surface area contributed by atoms with E-state index in [1.807, 2.05) is 20.8 Å². The maximum atomic E-state index is 11.8. The first kappa shape index (κ1) is 20.0. The van der Waals surface area contributed by atoms with Gasteiger partial charge in [0.25, 0.3) is 5.69 Å². The van der Waals surface area contributed by atoms with E-state index >= 15 is 0 Å². The van der Waals surface area contributed by atoms with Crippen molar-refractivity contribution < 1.29 is 14.5 Å². The van der Waals surface area contributed by atoms with Gasteiger partial charge in [-0.1, -0.05) is 0 Å². The van der Waals surface area contributed by atoms with E-state index in [4.69, 9.17) is 4.74 Å².